The Balaban J connectivity index is 1.71. The van der Waals surface area contributed by atoms with Crippen molar-refractivity contribution in [1.29, 1.82) is 5.26 Å². The SMILES string of the molecule is CCc1ccc(CC2S/C(=C(/C#N)C(=O)Nc3cccc(C)c3)N(c3ccc(OC)cc3)C2=O)cc1. The number of aryl methyl sites for hydroxylation is 2. The number of methoxy groups -OCH3 is 1. The Morgan fingerprint density at radius 3 is 2.39 bits per heavy atom. The molecule has 0 saturated carbocycles. The van der Waals surface area contributed by atoms with E-state index in [0.717, 1.165) is 17.5 Å². The van der Waals surface area contributed by atoms with Crippen LogP contribution in [0.4, 0.5) is 11.4 Å². The van der Waals surface area contributed by atoms with Gasteiger partial charge in [0, 0.05) is 11.4 Å². The van der Waals surface area contributed by atoms with Crippen molar-refractivity contribution in [2.75, 3.05) is 17.3 Å². The maximum absolute atomic E-state index is 13.6. The molecule has 6 nitrogen and oxygen atoms in total. The lowest BCUT2D eigenvalue weighted by Gasteiger charge is -2.19. The molecule has 1 N–H and O–H groups in total. The van der Waals surface area contributed by atoms with Gasteiger partial charge in [0.15, 0.2) is 0 Å². The number of nitrogens with zero attached hydrogens (tertiary/aromatic N) is 2. The minimum absolute atomic E-state index is 0.102. The first kappa shape index (κ1) is 25.1. The van der Waals surface area contributed by atoms with E-state index in [1.807, 2.05) is 43.3 Å². The smallest absolute Gasteiger partial charge is 0.269 e. The first-order valence-corrected chi connectivity index (χ1v) is 12.6. The van der Waals surface area contributed by atoms with E-state index < -0.39 is 11.2 Å². The number of carbonyl (C=O) groups is 2. The van der Waals surface area contributed by atoms with E-state index in [1.54, 1.807) is 37.4 Å². The number of rotatable bonds is 7. The predicted octanol–water partition coefficient (Wildman–Crippen LogP) is 5.63. The second kappa shape index (κ2) is 11.1. The van der Waals surface area contributed by atoms with Gasteiger partial charge in [-0.25, -0.2) is 0 Å². The van der Waals surface area contributed by atoms with Crippen LogP contribution in [0.25, 0.3) is 0 Å². The highest BCUT2D eigenvalue weighted by atomic mass is 32.2. The zero-order chi connectivity index (χ0) is 25.7. The lowest BCUT2D eigenvalue weighted by atomic mass is 10.1. The summed E-state index contributed by atoms with van der Waals surface area (Å²) < 4.78 is 5.25. The molecule has 3 aromatic carbocycles. The highest BCUT2D eigenvalue weighted by Crippen LogP contribution is 2.42. The van der Waals surface area contributed by atoms with Crippen molar-refractivity contribution in [1.82, 2.24) is 0 Å². The van der Waals surface area contributed by atoms with Gasteiger partial charge in [-0.3, -0.25) is 14.5 Å². The number of nitriles is 1. The van der Waals surface area contributed by atoms with Crippen molar-refractivity contribution in [3.05, 3.63) is 100 Å². The molecule has 7 heteroatoms. The first-order valence-electron chi connectivity index (χ1n) is 11.7. The molecule has 1 atom stereocenters. The van der Waals surface area contributed by atoms with Crippen LogP contribution in [-0.2, 0) is 22.4 Å². The van der Waals surface area contributed by atoms with Crippen molar-refractivity contribution < 1.29 is 14.3 Å². The minimum atomic E-state index is -0.551. The molecular weight excluding hydrogens is 470 g/mol. The molecule has 1 heterocycles. The van der Waals surface area contributed by atoms with Gasteiger partial charge in [0.25, 0.3) is 5.91 Å². The maximum atomic E-state index is 13.6. The average Bonchev–Trinajstić information content (AvgIpc) is 3.20. The van der Waals surface area contributed by atoms with E-state index in [9.17, 15) is 14.9 Å². The van der Waals surface area contributed by atoms with Crippen LogP contribution in [0.1, 0.15) is 23.6 Å². The topological polar surface area (TPSA) is 82.4 Å². The van der Waals surface area contributed by atoms with Crippen molar-refractivity contribution in [3.8, 4) is 11.8 Å². The molecule has 1 aliphatic heterocycles. The van der Waals surface area contributed by atoms with Gasteiger partial charge in [-0.1, -0.05) is 55.1 Å². The van der Waals surface area contributed by atoms with E-state index >= 15 is 0 Å². The van der Waals surface area contributed by atoms with Crippen LogP contribution in [0.3, 0.4) is 0 Å². The number of ether oxygens (including phenoxy) is 1. The third-order valence-corrected chi connectivity index (χ3v) is 7.23. The Kier molecular flexibility index (Phi) is 7.77. The number of thioether (sulfide) groups is 1. The zero-order valence-corrected chi connectivity index (χ0v) is 21.3. The fourth-order valence-corrected chi connectivity index (χ4v) is 5.30. The van der Waals surface area contributed by atoms with E-state index in [2.05, 4.69) is 24.4 Å². The molecule has 3 aromatic rings. The van der Waals surface area contributed by atoms with Gasteiger partial charge in [-0.05, 0) is 72.9 Å². The average molecular weight is 498 g/mol. The number of benzene rings is 3. The highest BCUT2D eigenvalue weighted by molar-refractivity contribution is 8.05. The lowest BCUT2D eigenvalue weighted by Crippen LogP contribution is -2.30. The van der Waals surface area contributed by atoms with E-state index in [1.165, 1.54) is 22.2 Å². The fraction of sp³-hybridized carbons (Fsp3) is 0.207. The third-order valence-electron chi connectivity index (χ3n) is 5.96. The molecule has 0 aromatic heterocycles. The molecule has 0 bridgehead atoms. The minimum Gasteiger partial charge on any atom is -0.497 e. The number of amides is 2. The number of anilines is 2. The largest absolute Gasteiger partial charge is 0.497 e. The number of carbonyl (C=O) groups excluding carboxylic acids is 2. The van der Waals surface area contributed by atoms with Crippen LogP contribution in [0.2, 0.25) is 0 Å². The van der Waals surface area contributed by atoms with Gasteiger partial charge < -0.3 is 10.1 Å². The van der Waals surface area contributed by atoms with Crippen molar-refractivity contribution in [2.24, 2.45) is 0 Å². The quantitative estimate of drug-likeness (QED) is 0.338. The Hall–Kier alpha value is -4.02. The van der Waals surface area contributed by atoms with Gasteiger partial charge >= 0.3 is 0 Å². The molecule has 36 heavy (non-hydrogen) atoms. The monoisotopic (exact) mass is 497 g/mol. The van der Waals surface area contributed by atoms with Gasteiger partial charge in [-0.15, -0.1) is 0 Å². The molecular formula is C29H27N3O3S. The van der Waals surface area contributed by atoms with E-state index in [4.69, 9.17) is 4.74 Å². The molecule has 1 aliphatic rings. The fourth-order valence-electron chi connectivity index (χ4n) is 3.99. The van der Waals surface area contributed by atoms with Gasteiger partial charge in [0.1, 0.15) is 22.4 Å². The Morgan fingerprint density at radius 2 is 1.78 bits per heavy atom. The van der Waals surface area contributed by atoms with Crippen LogP contribution in [0.5, 0.6) is 5.75 Å². The molecule has 1 saturated heterocycles. The second-order valence-electron chi connectivity index (χ2n) is 8.47. The normalized spacial score (nSPS) is 16.4. The summed E-state index contributed by atoms with van der Waals surface area (Å²) in [5.41, 5.74) is 4.29. The number of hydrogen-bond donors (Lipinski definition) is 1. The molecule has 1 unspecified atom stereocenters. The highest BCUT2D eigenvalue weighted by Gasteiger charge is 2.40. The van der Waals surface area contributed by atoms with E-state index in [0.29, 0.717) is 28.6 Å². The summed E-state index contributed by atoms with van der Waals surface area (Å²) in [5.74, 6) is -0.0745. The summed E-state index contributed by atoms with van der Waals surface area (Å²) in [4.78, 5) is 28.3. The van der Waals surface area contributed by atoms with Crippen molar-refractivity contribution in [2.45, 2.75) is 31.9 Å². The summed E-state index contributed by atoms with van der Waals surface area (Å²) in [5, 5.41) is 12.7. The zero-order valence-electron chi connectivity index (χ0n) is 20.4. The van der Waals surface area contributed by atoms with Crippen LogP contribution >= 0.6 is 11.8 Å². The Bertz CT molecular complexity index is 1340. The van der Waals surface area contributed by atoms with Crippen LogP contribution in [-0.4, -0.2) is 24.2 Å². The Labute approximate surface area is 215 Å². The van der Waals surface area contributed by atoms with Crippen molar-refractivity contribution >= 4 is 35.0 Å². The summed E-state index contributed by atoms with van der Waals surface area (Å²) in [6, 6.07) is 24.6. The molecule has 0 aliphatic carbocycles. The summed E-state index contributed by atoms with van der Waals surface area (Å²) in [6.07, 6.45) is 1.43. The molecule has 182 valence electrons. The predicted molar refractivity (Wildman–Crippen MR) is 144 cm³/mol. The van der Waals surface area contributed by atoms with Gasteiger partial charge in [0.05, 0.1) is 12.4 Å². The molecule has 1 fully saturated rings. The standard InChI is InChI=1S/C29H27N3O3S/c1-4-20-8-10-21(11-9-20)17-26-28(34)32(23-12-14-24(35-3)15-13-23)29(36-26)25(18-30)27(33)31-22-7-5-6-19(2)16-22/h5-16,26H,4,17H2,1-3H3,(H,31,33)/b29-25-. The van der Waals surface area contributed by atoms with Gasteiger partial charge in [0.2, 0.25) is 5.91 Å². The summed E-state index contributed by atoms with van der Waals surface area (Å²) in [7, 11) is 1.57. The summed E-state index contributed by atoms with van der Waals surface area (Å²) in [6.45, 7) is 4.02. The van der Waals surface area contributed by atoms with Gasteiger partial charge in [-0.2, -0.15) is 5.26 Å². The van der Waals surface area contributed by atoms with Crippen molar-refractivity contribution in [3.63, 3.8) is 0 Å². The second-order valence-corrected chi connectivity index (χ2v) is 9.66. The summed E-state index contributed by atoms with van der Waals surface area (Å²) >= 11 is 1.25. The van der Waals surface area contributed by atoms with Crippen LogP contribution in [0.15, 0.2) is 83.4 Å². The Morgan fingerprint density at radius 1 is 1.08 bits per heavy atom. The van der Waals surface area contributed by atoms with E-state index in [-0.39, 0.29) is 11.5 Å². The molecule has 0 spiro atoms. The van der Waals surface area contributed by atoms with Crippen LogP contribution < -0.4 is 15.0 Å². The third kappa shape index (κ3) is 5.45. The van der Waals surface area contributed by atoms with Crippen LogP contribution in [0, 0.1) is 18.3 Å². The first-order chi connectivity index (χ1) is 17.4. The molecule has 4 rings (SSSR count). The molecule has 0 radical (unpaired) electrons. The lowest BCUT2D eigenvalue weighted by molar-refractivity contribution is -0.117. The number of nitrogens with one attached hydrogen (secondary N) is 1. The molecule has 2 amide bonds. The maximum Gasteiger partial charge on any atom is 0.269 e. The number of hydrogen-bond acceptors (Lipinski definition) is 5.